The number of rotatable bonds is 7. The summed E-state index contributed by atoms with van der Waals surface area (Å²) in [5.41, 5.74) is 0.283. The second kappa shape index (κ2) is 7.15. The third kappa shape index (κ3) is 5.99. The predicted molar refractivity (Wildman–Crippen MR) is 86.1 cm³/mol. The van der Waals surface area contributed by atoms with Gasteiger partial charge in [0.2, 0.25) is 20.0 Å². The third-order valence-electron chi connectivity index (χ3n) is 2.55. The lowest BCUT2D eigenvalue weighted by Gasteiger charge is -2.23. The van der Waals surface area contributed by atoms with E-state index in [0.717, 1.165) is 10.6 Å². The lowest BCUT2D eigenvalue weighted by molar-refractivity contribution is 0.579. The minimum absolute atomic E-state index is 0.0482. The van der Waals surface area contributed by atoms with Gasteiger partial charge in [0.15, 0.2) is 0 Å². The third-order valence-corrected chi connectivity index (χ3v) is 5.59. The van der Waals surface area contributed by atoms with Crippen molar-refractivity contribution < 1.29 is 16.8 Å². The minimum Gasteiger partial charge on any atom is -0.269 e. The molecule has 10 heteroatoms. The van der Waals surface area contributed by atoms with Crippen LogP contribution in [0.4, 0.5) is 5.69 Å². The van der Waals surface area contributed by atoms with Gasteiger partial charge in [-0.15, -0.1) is 0 Å². The van der Waals surface area contributed by atoms with Gasteiger partial charge < -0.3 is 0 Å². The Bertz CT molecular complexity index is 685. The van der Waals surface area contributed by atoms with Crippen molar-refractivity contribution in [2.24, 2.45) is 0 Å². The topological polar surface area (TPSA) is 83.6 Å². The van der Waals surface area contributed by atoms with E-state index in [9.17, 15) is 16.8 Å². The zero-order chi connectivity index (χ0) is 16.3. The Morgan fingerprint density at radius 3 is 2.05 bits per heavy atom. The summed E-state index contributed by atoms with van der Waals surface area (Å²) in [5, 5.41) is 0.584. The van der Waals surface area contributed by atoms with Crippen LogP contribution >= 0.6 is 23.2 Å². The Morgan fingerprint density at radius 2 is 1.62 bits per heavy atom. The molecule has 1 aromatic rings. The molecule has 21 heavy (non-hydrogen) atoms. The lowest BCUT2D eigenvalue weighted by atomic mass is 10.3. The normalized spacial score (nSPS) is 12.4. The Balaban J connectivity index is 2.98. The van der Waals surface area contributed by atoms with Crippen molar-refractivity contribution in [1.29, 1.82) is 0 Å². The first-order valence-electron chi connectivity index (χ1n) is 5.96. The number of nitrogens with zero attached hydrogens (tertiary/aromatic N) is 1. The van der Waals surface area contributed by atoms with Crippen molar-refractivity contribution in [3.8, 4) is 0 Å². The number of halogens is 2. The second-order valence-corrected chi connectivity index (χ2v) is 9.14. The monoisotopic (exact) mass is 374 g/mol. The number of benzene rings is 1. The Hall–Kier alpha value is -0.540. The van der Waals surface area contributed by atoms with Gasteiger partial charge in [-0.25, -0.2) is 21.6 Å². The van der Waals surface area contributed by atoms with E-state index in [1.165, 1.54) is 25.1 Å². The van der Waals surface area contributed by atoms with Gasteiger partial charge in [0.1, 0.15) is 0 Å². The van der Waals surface area contributed by atoms with Crippen LogP contribution in [-0.2, 0) is 20.0 Å². The van der Waals surface area contributed by atoms with Crippen LogP contribution in [0.3, 0.4) is 0 Å². The quantitative estimate of drug-likeness (QED) is 0.786. The van der Waals surface area contributed by atoms with Crippen LogP contribution in [0, 0.1) is 0 Å². The molecule has 0 radical (unpaired) electrons. The first kappa shape index (κ1) is 18.5. The summed E-state index contributed by atoms with van der Waals surface area (Å²) in [5.74, 6) is -0.0745. The molecule has 1 N–H and O–H groups in total. The molecule has 0 aliphatic heterocycles. The number of sulfonamides is 2. The Morgan fingerprint density at radius 1 is 1.10 bits per heavy atom. The van der Waals surface area contributed by atoms with Gasteiger partial charge in [-0.2, -0.15) is 0 Å². The van der Waals surface area contributed by atoms with Gasteiger partial charge in [-0.1, -0.05) is 23.2 Å². The van der Waals surface area contributed by atoms with E-state index in [1.54, 1.807) is 0 Å². The Kier molecular flexibility index (Phi) is 6.30. The van der Waals surface area contributed by atoms with E-state index in [2.05, 4.69) is 4.72 Å². The number of hydrogen-bond donors (Lipinski definition) is 1. The average Bonchev–Trinajstić information content (AvgIpc) is 2.31. The van der Waals surface area contributed by atoms with Gasteiger partial charge in [-0.05, 0) is 25.1 Å². The summed E-state index contributed by atoms with van der Waals surface area (Å²) in [6.07, 6.45) is 1.02. The van der Waals surface area contributed by atoms with E-state index >= 15 is 0 Å². The largest absolute Gasteiger partial charge is 0.269 e. The zero-order valence-corrected chi connectivity index (χ0v) is 14.7. The molecule has 6 nitrogen and oxygen atoms in total. The maximum Gasteiger partial charge on any atom is 0.232 e. The van der Waals surface area contributed by atoms with Crippen molar-refractivity contribution in [2.45, 2.75) is 6.92 Å². The van der Waals surface area contributed by atoms with Crippen LogP contribution in [0.15, 0.2) is 18.2 Å². The van der Waals surface area contributed by atoms with E-state index in [1.807, 2.05) is 0 Å². The molecular weight excluding hydrogens is 359 g/mol. The highest BCUT2D eigenvalue weighted by Gasteiger charge is 2.19. The van der Waals surface area contributed by atoms with Crippen LogP contribution in [0.5, 0.6) is 0 Å². The highest BCUT2D eigenvalue weighted by atomic mass is 35.5. The molecule has 0 aromatic heterocycles. The summed E-state index contributed by atoms with van der Waals surface area (Å²) in [4.78, 5) is 0. The van der Waals surface area contributed by atoms with Crippen LogP contribution in [0.25, 0.3) is 0 Å². The van der Waals surface area contributed by atoms with Gasteiger partial charge in [0.05, 0.1) is 17.7 Å². The molecule has 0 spiro atoms. The molecule has 0 saturated carbocycles. The van der Waals surface area contributed by atoms with Crippen LogP contribution in [0.2, 0.25) is 10.0 Å². The molecule has 1 aromatic carbocycles. The van der Waals surface area contributed by atoms with Crippen molar-refractivity contribution in [3.05, 3.63) is 28.2 Å². The molecule has 0 atom stereocenters. The summed E-state index contributed by atoms with van der Waals surface area (Å²) < 4.78 is 49.7. The fourth-order valence-corrected chi connectivity index (χ4v) is 3.61. The standard InChI is InChI=1S/C11H16Cl2N2O4S2/c1-3-21(18,19)14-4-5-15(20(2,16)17)11-7-9(12)6-10(13)8-11/h6-8,14H,3-5H2,1-2H3. The predicted octanol–water partition coefficient (Wildman–Crippen LogP) is 1.70. The molecule has 0 bridgehead atoms. The molecule has 1 rings (SSSR count). The highest BCUT2D eigenvalue weighted by Crippen LogP contribution is 2.26. The van der Waals surface area contributed by atoms with Gasteiger partial charge in [-0.3, -0.25) is 4.31 Å². The van der Waals surface area contributed by atoms with Crippen LogP contribution < -0.4 is 9.03 Å². The van der Waals surface area contributed by atoms with Crippen LogP contribution in [-0.4, -0.2) is 41.9 Å². The number of anilines is 1. The SMILES string of the molecule is CCS(=O)(=O)NCCN(c1cc(Cl)cc(Cl)c1)S(C)(=O)=O. The molecule has 0 aliphatic rings. The fourth-order valence-electron chi connectivity index (χ4n) is 1.57. The second-order valence-electron chi connectivity index (χ2n) is 4.26. The summed E-state index contributed by atoms with van der Waals surface area (Å²) in [6.45, 7) is 1.38. The highest BCUT2D eigenvalue weighted by molar-refractivity contribution is 7.92. The van der Waals surface area contributed by atoms with E-state index < -0.39 is 20.0 Å². The molecule has 120 valence electrons. The molecule has 0 unspecified atom stereocenters. The first-order chi connectivity index (χ1) is 9.55. The Labute approximate surface area is 135 Å². The molecule has 0 saturated heterocycles. The summed E-state index contributed by atoms with van der Waals surface area (Å²) in [7, 11) is -6.98. The maximum atomic E-state index is 11.8. The van der Waals surface area contributed by atoms with Gasteiger partial charge >= 0.3 is 0 Å². The van der Waals surface area contributed by atoms with Crippen molar-refractivity contribution in [1.82, 2.24) is 4.72 Å². The van der Waals surface area contributed by atoms with Crippen molar-refractivity contribution >= 4 is 48.9 Å². The van der Waals surface area contributed by atoms with Gasteiger partial charge in [0, 0.05) is 23.1 Å². The smallest absolute Gasteiger partial charge is 0.232 e. The van der Waals surface area contributed by atoms with Gasteiger partial charge in [0.25, 0.3) is 0 Å². The molecular formula is C11H16Cl2N2O4S2. The van der Waals surface area contributed by atoms with E-state index in [0.29, 0.717) is 10.0 Å². The van der Waals surface area contributed by atoms with Crippen molar-refractivity contribution in [3.63, 3.8) is 0 Å². The first-order valence-corrected chi connectivity index (χ1v) is 10.2. The van der Waals surface area contributed by atoms with E-state index in [4.69, 9.17) is 23.2 Å². The molecule has 0 fully saturated rings. The number of hydrogen-bond acceptors (Lipinski definition) is 4. The maximum absolute atomic E-state index is 11.8. The zero-order valence-electron chi connectivity index (χ0n) is 11.5. The van der Waals surface area contributed by atoms with Crippen LogP contribution in [0.1, 0.15) is 6.92 Å². The average molecular weight is 375 g/mol. The number of nitrogens with one attached hydrogen (secondary N) is 1. The molecule has 0 amide bonds. The lowest BCUT2D eigenvalue weighted by Crippen LogP contribution is -2.38. The fraction of sp³-hybridized carbons (Fsp3) is 0.455. The van der Waals surface area contributed by atoms with E-state index in [-0.39, 0.29) is 24.5 Å². The molecule has 0 aliphatic carbocycles. The summed E-state index contributed by atoms with van der Waals surface area (Å²) in [6, 6.07) is 4.37. The van der Waals surface area contributed by atoms with Crippen molar-refractivity contribution in [2.75, 3.05) is 29.4 Å². The summed E-state index contributed by atoms with van der Waals surface area (Å²) >= 11 is 11.7. The minimum atomic E-state index is -3.59. The molecule has 0 heterocycles.